The van der Waals surface area contributed by atoms with E-state index >= 15 is 0 Å². The molecule has 1 aliphatic heterocycles. The van der Waals surface area contributed by atoms with Crippen LogP contribution in [0.3, 0.4) is 0 Å². The van der Waals surface area contributed by atoms with Gasteiger partial charge in [-0.05, 0) is 60.7 Å². The normalized spacial score (nSPS) is 15.9. The van der Waals surface area contributed by atoms with Crippen LogP contribution in [0.2, 0.25) is 0 Å². The van der Waals surface area contributed by atoms with Crippen molar-refractivity contribution >= 4 is 28.8 Å². The first-order valence-electron chi connectivity index (χ1n) is 9.67. The van der Waals surface area contributed by atoms with Crippen LogP contribution in [0.4, 0.5) is 10.1 Å². The van der Waals surface area contributed by atoms with Gasteiger partial charge in [-0.15, -0.1) is 11.3 Å². The van der Waals surface area contributed by atoms with E-state index in [2.05, 4.69) is 5.32 Å². The van der Waals surface area contributed by atoms with Gasteiger partial charge in [0.15, 0.2) is 6.10 Å². The molecular weight excluding hydrogens is 403 g/mol. The van der Waals surface area contributed by atoms with Crippen LogP contribution < -0.4 is 10.1 Å². The number of anilines is 1. The standard InChI is InChI=1S/C23H21FN2O3S/c1-15-23(28)26(11-10-16-4-6-18(24)7-5-16)14-17-13-19(8-9-20(17)29-15)25-22(27)21-3-2-12-30-21/h2-9,12-13,15H,10-11,14H2,1H3,(H,25,27)/t15-/m0/s1. The first-order chi connectivity index (χ1) is 14.5. The summed E-state index contributed by atoms with van der Waals surface area (Å²) < 4.78 is 19.0. The van der Waals surface area contributed by atoms with E-state index in [4.69, 9.17) is 4.74 Å². The van der Waals surface area contributed by atoms with Crippen molar-refractivity contribution in [3.05, 3.63) is 81.8 Å². The molecule has 0 aliphatic carbocycles. The number of thiophene rings is 1. The molecule has 0 bridgehead atoms. The van der Waals surface area contributed by atoms with Gasteiger partial charge >= 0.3 is 0 Å². The number of carbonyl (C=O) groups excluding carboxylic acids is 2. The minimum Gasteiger partial charge on any atom is -0.481 e. The second kappa shape index (κ2) is 8.67. The summed E-state index contributed by atoms with van der Waals surface area (Å²) in [5.41, 5.74) is 2.44. The van der Waals surface area contributed by atoms with Crippen LogP contribution in [0.25, 0.3) is 0 Å². The molecule has 0 saturated heterocycles. The van der Waals surface area contributed by atoms with Gasteiger partial charge in [0.05, 0.1) is 4.88 Å². The SMILES string of the molecule is C[C@@H]1Oc2ccc(NC(=O)c3cccs3)cc2CN(CCc2ccc(F)cc2)C1=O. The first-order valence-corrected chi connectivity index (χ1v) is 10.6. The molecule has 5 nitrogen and oxygen atoms in total. The Kier molecular flexibility index (Phi) is 5.81. The van der Waals surface area contributed by atoms with Gasteiger partial charge in [0.1, 0.15) is 11.6 Å². The molecule has 7 heteroatoms. The van der Waals surface area contributed by atoms with Gasteiger partial charge in [0.25, 0.3) is 11.8 Å². The number of hydrogen-bond acceptors (Lipinski definition) is 4. The predicted molar refractivity (Wildman–Crippen MR) is 114 cm³/mol. The van der Waals surface area contributed by atoms with E-state index in [9.17, 15) is 14.0 Å². The van der Waals surface area contributed by atoms with Gasteiger partial charge < -0.3 is 15.0 Å². The number of hydrogen-bond donors (Lipinski definition) is 1. The molecule has 0 radical (unpaired) electrons. The molecule has 4 rings (SSSR count). The number of halogens is 1. The van der Waals surface area contributed by atoms with Crippen LogP contribution in [0.15, 0.2) is 60.0 Å². The zero-order valence-corrected chi connectivity index (χ0v) is 17.2. The molecule has 1 aromatic heterocycles. The molecule has 154 valence electrons. The third-order valence-electron chi connectivity index (χ3n) is 4.97. The molecule has 1 N–H and O–H groups in total. The quantitative estimate of drug-likeness (QED) is 0.657. The van der Waals surface area contributed by atoms with Gasteiger partial charge in [-0.25, -0.2) is 4.39 Å². The summed E-state index contributed by atoms with van der Waals surface area (Å²) in [7, 11) is 0. The van der Waals surface area contributed by atoms with Crippen molar-refractivity contribution in [1.29, 1.82) is 0 Å². The highest BCUT2D eigenvalue weighted by molar-refractivity contribution is 7.12. The number of nitrogens with zero attached hydrogens (tertiary/aromatic N) is 1. The van der Waals surface area contributed by atoms with E-state index < -0.39 is 6.10 Å². The van der Waals surface area contributed by atoms with Crippen LogP contribution in [0.1, 0.15) is 27.7 Å². The zero-order chi connectivity index (χ0) is 21.1. The monoisotopic (exact) mass is 424 g/mol. The van der Waals surface area contributed by atoms with Crippen molar-refractivity contribution in [2.75, 3.05) is 11.9 Å². The fourth-order valence-electron chi connectivity index (χ4n) is 3.38. The average Bonchev–Trinajstić information content (AvgIpc) is 3.25. The molecule has 0 unspecified atom stereocenters. The Morgan fingerprint density at radius 1 is 1.23 bits per heavy atom. The first kappa shape index (κ1) is 20.1. The third-order valence-corrected chi connectivity index (χ3v) is 5.84. The number of benzene rings is 2. The minimum atomic E-state index is -0.606. The lowest BCUT2D eigenvalue weighted by Crippen LogP contribution is -2.39. The lowest BCUT2D eigenvalue weighted by molar-refractivity contribution is -0.137. The maximum atomic E-state index is 13.1. The Morgan fingerprint density at radius 3 is 2.77 bits per heavy atom. The van der Waals surface area contributed by atoms with E-state index in [1.807, 2.05) is 17.5 Å². The number of amides is 2. The lowest BCUT2D eigenvalue weighted by atomic mass is 10.1. The number of ether oxygens (including phenoxy) is 1. The van der Waals surface area contributed by atoms with Crippen molar-refractivity contribution < 1.29 is 18.7 Å². The molecule has 0 spiro atoms. The van der Waals surface area contributed by atoms with Crippen molar-refractivity contribution in [2.24, 2.45) is 0 Å². The number of rotatable bonds is 5. The maximum absolute atomic E-state index is 13.1. The van der Waals surface area contributed by atoms with E-state index in [1.54, 1.807) is 42.2 Å². The number of carbonyl (C=O) groups is 2. The molecule has 0 saturated carbocycles. The highest BCUT2D eigenvalue weighted by Gasteiger charge is 2.27. The summed E-state index contributed by atoms with van der Waals surface area (Å²) in [5, 5.41) is 4.75. The number of nitrogens with one attached hydrogen (secondary N) is 1. The largest absolute Gasteiger partial charge is 0.481 e. The summed E-state index contributed by atoms with van der Waals surface area (Å²) in [5.74, 6) is 0.0847. The highest BCUT2D eigenvalue weighted by atomic mass is 32.1. The van der Waals surface area contributed by atoms with Gasteiger partial charge in [-0.1, -0.05) is 18.2 Å². The topological polar surface area (TPSA) is 58.6 Å². The third kappa shape index (κ3) is 4.52. The van der Waals surface area contributed by atoms with Gasteiger partial charge in [-0.2, -0.15) is 0 Å². The second-order valence-corrected chi connectivity index (χ2v) is 8.10. The summed E-state index contributed by atoms with van der Waals surface area (Å²) in [4.78, 5) is 27.5. The Bertz CT molecular complexity index is 1050. The molecular formula is C23H21FN2O3S. The van der Waals surface area contributed by atoms with Crippen LogP contribution in [-0.4, -0.2) is 29.4 Å². The van der Waals surface area contributed by atoms with Gasteiger partial charge in [-0.3, -0.25) is 9.59 Å². The van der Waals surface area contributed by atoms with E-state index in [1.165, 1.54) is 23.5 Å². The average molecular weight is 424 g/mol. The van der Waals surface area contributed by atoms with Crippen LogP contribution in [0.5, 0.6) is 5.75 Å². The molecule has 0 fully saturated rings. The summed E-state index contributed by atoms with van der Waals surface area (Å²) >= 11 is 1.38. The minimum absolute atomic E-state index is 0.0996. The molecule has 1 aliphatic rings. The Balaban J connectivity index is 1.51. The van der Waals surface area contributed by atoms with Crippen molar-refractivity contribution in [2.45, 2.75) is 26.0 Å². The fraction of sp³-hybridized carbons (Fsp3) is 0.217. The van der Waals surface area contributed by atoms with Crippen LogP contribution >= 0.6 is 11.3 Å². The van der Waals surface area contributed by atoms with Crippen molar-refractivity contribution in [3.8, 4) is 5.75 Å². The summed E-state index contributed by atoms with van der Waals surface area (Å²) in [6, 6.07) is 15.3. The molecule has 2 heterocycles. The summed E-state index contributed by atoms with van der Waals surface area (Å²) in [6.07, 6.45) is 0.00844. The van der Waals surface area contributed by atoms with Crippen molar-refractivity contribution in [1.82, 2.24) is 4.90 Å². The fourth-order valence-corrected chi connectivity index (χ4v) is 4.00. The van der Waals surface area contributed by atoms with Gasteiger partial charge in [0.2, 0.25) is 0 Å². The molecule has 30 heavy (non-hydrogen) atoms. The predicted octanol–water partition coefficient (Wildman–Crippen LogP) is 4.49. The van der Waals surface area contributed by atoms with Crippen LogP contribution in [-0.2, 0) is 17.8 Å². The lowest BCUT2D eigenvalue weighted by Gasteiger charge is -2.22. The second-order valence-electron chi connectivity index (χ2n) is 7.15. The molecule has 2 amide bonds. The van der Waals surface area contributed by atoms with Crippen molar-refractivity contribution in [3.63, 3.8) is 0 Å². The molecule has 1 atom stereocenters. The Labute approximate surface area is 178 Å². The van der Waals surface area contributed by atoms with Crippen LogP contribution in [0, 0.1) is 5.82 Å². The van der Waals surface area contributed by atoms with E-state index in [0.29, 0.717) is 35.8 Å². The van der Waals surface area contributed by atoms with E-state index in [-0.39, 0.29) is 17.6 Å². The molecule has 2 aromatic carbocycles. The Hall–Kier alpha value is -3.19. The highest BCUT2D eigenvalue weighted by Crippen LogP contribution is 2.29. The van der Waals surface area contributed by atoms with E-state index in [0.717, 1.165) is 11.1 Å². The van der Waals surface area contributed by atoms with Gasteiger partial charge in [0, 0.05) is 24.3 Å². The summed E-state index contributed by atoms with van der Waals surface area (Å²) in [6.45, 7) is 2.60. The Morgan fingerprint density at radius 2 is 2.03 bits per heavy atom. The smallest absolute Gasteiger partial charge is 0.265 e. The maximum Gasteiger partial charge on any atom is 0.265 e. The zero-order valence-electron chi connectivity index (χ0n) is 16.4. The molecule has 3 aromatic rings. The number of fused-ring (bicyclic) bond motifs is 1.